The van der Waals surface area contributed by atoms with Crippen LogP contribution in [0.1, 0.15) is 42.3 Å². The number of alkyl carbamates (subject to hydrolysis) is 1. The minimum Gasteiger partial charge on any atom is -0.480 e. The summed E-state index contributed by atoms with van der Waals surface area (Å²) in [6.45, 7) is 5.36. The fraction of sp³-hybridized carbons (Fsp3) is 0.321. The molecule has 0 radical (unpaired) electrons. The number of esters is 1. The van der Waals surface area contributed by atoms with E-state index in [2.05, 4.69) is 10.3 Å². The van der Waals surface area contributed by atoms with Crippen molar-refractivity contribution >= 4 is 23.7 Å². The third-order valence-electron chi connectivity index (χ3n) is 6.04. The lowest BCUT2D eigenvalue weighted by Gasteiger charge is -2.30. The van der Waals surface area contributed by atoms with E-state index in [1.54, 1.807) is 32.9 Å². The zero-order valence-corrected chi connectivity index (χ0v) is 22.4. The second kappa shape index (κ2) is 10.5. The summed E-state index contributed by atoms with van der Waals surface area (Å²) in [7, 11) is 2.47. The number of hydrogen-bond donors (Lipinski definition) is 1. The van der Waals surface area contributed by atoms with Crippen LogP contribution in [0.2, 0.25) is 5.02 Å². The van der Waals surface area contributed by atoms with E-state index in [1.807, 2.05) is 30.3 Å². The van der Waals surface area contributed by atoms with Crippen LogP contribution >= 0.6 is 11.6 Å². The van der Waals surface area contributed by atoms with Gasteiger partial charge in [-0.2, -0.15) is 0 Å². The zero-order chi connectivity index (χ0) is 27.7. The van der Waals surface area contributed by atoms with Crippen molar-refractivity contribution in [2.24, 2.45) is 0 Å². The van der Waals surface area contributed by atoms with Crippen LogP contribution in [-0.4, -0.2) is 43.4 Å². The molecule has 1 aromatic heterocycles. The van der Waals surface area contributed by atoms with Crippen molar-refractivity contribution in [3.05, 3.63) is 76.2 Å². The summed E-state index contributed by atoms with van der Waals surface area (Å²) in [6, 6.07) is 12.6. The number of nitrogens with one attached hydrogen (secondary N) is 1. The third kappa shape index (κ3) is 5.24. The first kappa shape index (κ1) is 27.2. The van der Waals surface area contributed by atoms with Gasteiger partial charge >= 0.3 is 12.1 Å². The Balaban J connectivity index is 1.85. The molecule has 38 heavy (non-hydrogen) atoms. The second-order valence-corrected chi connectivity index (χ2v) is 10.2. The highest BCUT2D eigenvalue weighted by molar-refractivity contribution is 6.34. The molecule has 200 valence electrons. The average Bonchev–Trinajstić information content (AvgIpc) is 3.27. The number of ether oxygens (including phenoxy) is 4. The summed E-state index contributed by atoms with van der Waals surface area (Å²) in [5, 5.41) is 2.99. The first-order valence-corrected chi connectivity index (χ1v) is 12.2. The van der Waals surface area contributed by atoms with E-state index >= 15 is 4.39 Å². The third-order valence-corrected chi connectivity index (χ3v) is 6.35. The standard InChI is InChI=1S/C28H28ClFN2O6/c1-27(2,3)38-26(34)32-15-28(16-9-7-6-8-10-16)13-17-20(37-28)12-11-19(29)21(17)22-18(25(33)36-5)14-31-24(35-4)23(22)30/h6-12,14H,13,15H2,1-5H3,(H,32,34)/t28-/m1/s1. The van der Waals surface area contributed by atoms with E-state index in [1.165, 1.54) is 20.4 Å². The van der Waals surface area contributed by atoms with Crippen molar-refractivity contribution < 1.29 is 32.9 Å². The Morgan fingerprint density at radius 1 is 1.13 bits per heavy atom. The minimum atomic E-state index is -1.07. The maximum absolute atomic E-state index is 15.7. The van der Waals surface area contributed by atoms with Crippen LogP contribution in [0.4, 0.5) is 9.18 Å². The number of halogens is 2. The smallest absolute Gasteiger partial charge is 0.407 e. The van der Waals surface area contributed by atoms with E-state index in [9.17, 15) is 9.59 Å². The van der Waals surface area contributed by atoms with Crippen LogP contribution in [0.25, 0.3) is 11.1 Å². The Hall–Kier alpha value is -3.85. The van der Waals surface area contributed by atoms with Gasteiger partial charge in [-0.25, -0.2) is 19.0 Å². The quantitative estimate of drug-likeness (QED) is 0.400. The second-order valence-electron chi connectivity index (χ2n) is 9.76. The Labute approximate surface area is 225 Å². The van der Waals surface area contributed by atoms with Crippen LogP contribution in [0, 0.1) is 5.82 Å². The number of carbonyl (C=O) groups excluding carboxylic acids is 2. The lowest BCUT2D eigenvalue weighted by atomic mass is 9.85. The van der Waals surface area contributed by atoms with Gasteiger partial charge < -0.3 is 24.3 Å². The molecule has 0 bridgehead atoms. The van der Waals surface area contributed by atoms with Crippen molar-refractivity contribution in [1.29, 1.82) is 0 Å². The predicted octanol–water partition coefficient (Wildman–Crippen LogP) is 5.69. The molecule has 3 aromatic rings. The van der Waals surface area contributed by atoms with Gasteiger partial charge in [0.25, 0.3) is 5.88 Å². The molecule has 0 aliphatic carbocycles. The molecule has 4 rings (SSSR count). The van der Waals surface area contributed by atoms with Crippen molar-refractivity contribution in [2.45, 2.75) is 38.4 Å². The Morgan fingerprint density at radius 3 is 2.47 bits per heavy atom. The van der Waals surface area contributed by atoms with Gasteiger partial charge in [0.1, 0.15) is 11.4 Å². The summed E-state index contributed by atoms with van der Waals surface area (Å²) < 4.78 is 37.6. The molecule has 1 amide bonds. The molecule has 1 aliphatic heterocycles. The molecule has 0 unspecified atom stereocenters. The van der Waals surface area contributed by atoms with Crippen LogP contribution in [-0.2, 0) is 21.5 Å². The minimum absolute atomic E-state index is 0.0453. The topological polar surface area (TPSA) is 96.0 Å². The Kier molecular flexibility index (Phi) is 7.51. The molecule has 10 heteroatoms. The summed E-state index contributed by atoms with van der Waals surface area (Å²) >= 11 is 6.64. The highest BCUT2D eigenvalue weighted by atomic mass is 35.5. The number of nitrogens with zero attached hydrogens (tertiary/aromatic N) is 1. The van der Waals surface area contributed by atoms with E-state index in [0.29, 0.717) is 11.3 Å². The number of methoxy groups -OCH3 is 2. The summed E-state index contributed by atoms with van der Waals surface area (Å²) in [6.07, 6.45) is 0.773. The summed E-state index contributed by atoms with van der Waals surface area (Å²) in [4.78, 5) is 29.0. The van der Waals surface area contributed by atoms with Gasteiger partial charge in [0.2, 0.25) is 0 Å². The molecule has 2 aromatic carbocycles. The molecule has 0 spiro atoms. The van der Waals surface area contributed by atoms with Gasteiger partial charge in [-0.15, -0.1) is 0 Å². The average molecular weight is 543 g/mol. The van der Waals surface area contributed by atoms with Gasteiger partial charge in [-0.3, -0.25) is 0 Å². The fourth-order valence-electron chi connectivity index (χ4n) is 4.43. The maximum atomic E-state index is 15.7. The molecule has 8 nitrogen and oxygen atoms in total. The summed E-state index contributed by atoms with van der Waals surface area (Å²) in [5.74, 6) is -1.54. The largest absolute Gasteiger partial charge is 0.480 e. The molecule has 0 fully saturated rings. The molecule has 2 heterocycles. The fourth-order valence-corrected chi connectivity index (χ4v) is 4.70. The van der Waals surface area contributed by atoms with E-state index < -0.39 is 29.1 Å². The SMILES string of the molecule is COC(=O)c1cnc(OC)c(F)c1-c1c(Cl)ccc2c1C[C@@](CNC(=O)OC(C)(C)C)(c1ccccc1)O2. The Bertz CT molecular complexity index is 1380. The van der Waals surface area contributed by atoms with Gasteiger partial charge in [-0.1, -0.05) is 41.9 Å². The number of rotatable bonds is 6. The van der Waals surface area contributed by atoms with E-state index in [-0.39, 0.29) is 40.6 Å². The van der Waals surface area contributed by atoms with Crippen LogP contribution in [0.3, 0.4) is 0 Å². The first-order chi connectivity index (χ1) is 18.0. The van der Waals surface area contributed by atoms with Crippen LogP contribution in [0.15, 0.2) is 48.7 Å². The van der Waals surface area contributed by atoms with Crippen LogP contribution in [0.5, 0.6) is 11.6 Å². The monoisotopic (exact) mass is 542 g/mol. The van der Waals surface area contributed by atoms with Crippen LogP contribution < -0.4 is 14.8 Å². The molecule has 1 aliphatic rings. The molecule has 1 N–H and O–H groups in total. The number of amides is 1. The van der Waals surface area contributed by atoms with Gasteiger partial charge in [0.05, 0.1) is 26.3 Å². The lowest BCUT2D eigenvalue weighted by Crippen LogP contribution is -2.45. The van der Waals surface area contributed by atoms with Crippen molar-refractivity contribution in [3.8, 4) is 22.8 Å². The van der Waals surface area contributed by atoms with E-state index in [0.717, 1.165) is 5.56 Å². The number of carbonyl (C=O) groups is 2. The lowest BCUT2D eigenvalue weighted by molar-refractivity contribution is 0.0414. The van der Waals surface area contributed by atoms with E-state index in [4.69, 9.17) is 30.5 Å². The highest BCUT2D eigenvalue weighted by Crippen LogP contribution is 2.49. The van der Waals surface area contributed by atoms with Crippen molar-refractivity contribution in [1.82, 2.24) is 10.3 Å². The van der Waals surface area contributed by atoms with Gasteiger partial charge in [-0.05, 0) is 38.5 Å². The molecule has 1 atom stereocenters. The Morgan fingerprint density at radius 2 is 1.84 bits per heavy atom. The molecular formula is C28H28ClFN2O6. The number of pyridine rings is 1. The molecular weight excluding hydrogens is 515 g/mol. The zero-order valence-electron chi connectivity index (χ0n) is 21.7. The first-order valence-electron chi connectivity index (χ1n) is 11.8. The van der Waals surface area contributed by atoms with Gasteiger partial charge in [0, 0.05) is 34.3 Å². The number of aromatic nitrogens is 1. The molecule has 0 saturated carbocycles. The summed E-state index contributed by atoms with van der Waals surface area (Å²) in [5.41, 5.74) is -0.424. The normalized spacial score (nSPS) is 16.3. The predicted molar refractivity (Wildman–Crippen MR) is 139 cm³/mol. The van der Waals surface area contributed by atoms with Crippen molar-refractivity contribution in [2.75, 3.05) is 20.8 Å². The van der Waals surface area contributed by atoms with Gasteiger partial charge in [0.15, 0.2) is 11.4 Å². The maximum Gasteiger partial charge on any atom is 0.407 e. The number of hydrogen-bond acceptors (Lipinski definition) is 7. The number of benzene rings is 2. The van der Waals surface area contributed by atoms with Crippen molar-refractivity contribution in [3.63, 3.8) is 0 Å². The number of fused-ring (bicyclic) bond motifs is 1. The molecule has 0 saturated heterocycles. The highest BCUT2D eigenvalue weighted by Gasteiger charge is 2.44.